The molecule has 1 heterocycles. The fourth-order valence-corrected chi connectivity index (χ4v) is 2.58. The topological polar surface area (TPSA) is 30.2 Å². The van der Waals surface area contributed by atoms with Crippen LogP contribution in [0.4, 0.5) is 13.2 Å². The molecule has 0 amide bonds. The van der Waals surface area contributed by atoms with E-state index >= 15 is 0 Å². The summed E-state index contributed by atoms with van der Waals surface area (Å²) in [6, 6.07) is 11.0. The van der Waals surface area contributed by atoms with Crippen LogP contribution in [0.1, 0.15) is 21.7 Å². The number of halogens is 4. The number of alkyl halides is 3. The van der Waals surface area contributed by atoms with E-state index in [2.05, 4.69) is 15.9 Å². The zero-order valence-electron chi connectivity index (χ0n) is 10.9. The normalized spacial score (nSPS) is 11.8. The Labute approximate surface area is 131 Å². The van der Waals surface area contributed by atoms with Crippen molar-refractivity contribution in [2.24, 2.45) is 0 Å². The van der Waals surface area contributed by atoms with Gasteiger partial charge in [-0.2, -0.15) is 13.2 Å². The molecule has 112 valence electrons. The molecular formula is C16H8BrF3O2. The Morgan fingerprint density at radius 3 is 2.45 bits per heavy atom. The maximum atomic E-state index is 12.7. The van der Waals surface area contributed by atoms with Crippen LogP contribution in [0.15, 0.2) is 57.4 Å². The summed E-state index contributed by atoms with van der Waals surface area (Å²) >= 11 is 3.33. The number of hydrogen-bond acceptors (Lipinski definition) is 2. The fourth-order valence-electron chi connectivity index (χ4n) is 2.12. The summed E-state index contributed by atoms with van der Waals surface area (Å²) < 4.78 is 44.3. The predicted molar refractivity (Wildman–Crippen MR) is 78.8 cm³/mol. The van der Waals surface area contributed by atoms with Gasteiger partial charge >= 0.3 is 6.18 Å². The number of carbonyl (C=O) groups excluding carboxylic acids is 1. The number of ketones is 1. The summed E-state index contributed by atoms with van der Waals surface area (Å²) in [4.78, 5) is 12.3. The van der Waals surface area contributed by atoms with Crippen molar-refractivity contribution >= 4 is 32.7 Å². The van der Waals surface area contributed by atoms with Gasteiger partial charge in [0.2, 0.25) is 5.78 Å². The quantitative estimate of drug-likeness (QED) is 0.563. The van der Waals surface area contributed by atoms with Gasteiger partial charge in [-0.1, -0.05) is 34.1 Å². The average molecular weight is 369 g/mol. The van der Waals surface area contributed by atoms with E-state index in [4.69, 9.17) is 4.42 Å². The molecule has 0 saturated heterocycles. The largest absolute Gasteiger partial charge is 0.453 e. The Bertz CT molecular complexity index is 865. The SMILES string of the molecule is O=C(c1cccc(C(F)(F)F)c1)c1cc2c(Br)cccc2o1. The van der Waals surface area contributed by atoms with Gasteiger partial charge in [0.25, 0.3) is 0 Å². The van der Waals surface area contributed by atoms with Gasteiger partial charge in [0.15, 0.2) is 5.76 Å². The van der Waals surface area contributed by atoms with Gasteiger partial charge in [-0.3, -0.25) is 4.79 Å². The first kappa shape index (κ1) is 14.8. The standard InChI is InChI=1S/C16H8BrF3O2/c17-12-5-2-6-13-11(12)8-14(22-13)15(21)9-3-1-4-10(7-9)16(18,19)20/h1-8H. The highest BCUT2D eigenvalue weighted by atomic mass is 79.9. The summed E-state index contributed by atoms with van der Waals surface area (Å²) in [5, 5.41) is 0.692. The van der Waals surface area contributed by atoms with E-state index in [-0.39, 0.29) is 11.3 Å². The summed E-state index contributed by atoms with van der Waals surface area (Å²) in [5.74, 6) is -0.588. The molecule has 0 aliphatic carbocycles. The van der Waals surface area contributed by atoms with E-state index in [9.17, 15) is 18.0 Å². The minimum absolute atomic E-state index is 0.00113. The average Bonchev–Trinajstić information content (AvgIpc) is 2.91. The fraction of sp³-hybridized carbons (Fsp3) is 0.0625. The van der Waals surface area contributed by atoms with Crippen LogP contribution >= 0.6 is 15.9 Å². The van der Waals surface area contributed by atoms with Crippen LogP contribution in [0.25, 0.3) is 11.0 Å². The van der Waals surface area contributed by atoms with Crippen LogP contribution in [-0.2, 0) is 6.18 Å². The number of fused-ring (bicyclic) bond motifs is 1. The molecule has 3 aromatic rings. The van der Waals surface area contributed by atoms with Crippen LogP contribution in [0.3, 0.4) is 0 Å². The summed E-state index contributed by atoms with van der Waals surface area (Å²) in [6.07, 6.45) is -4.49. The lowest BCUT2D eigenvalue weighted by molar-refractivity contribution is -0.137. The monoisotopic (exact) mass is 368 g/mol. The van der Waals surface area contributed by atoms with E-state index in [1.807, 2.05) is 0 Å². The second kappa shape index (κ2) is 5.28. The molecular weight excluding hydrogens is 361 g/mol. The third kappa shape index (κ3) is 2.66. The molecule has 0 aliphatic heterocycles. The van der Waals surface area contributed by atoms with Gasteiger partial charge in [-0.05, 0) is 30.3 Å². The van der Waals surface area contributed by atoms with Gasteiger partial charge in [-0.25, -0.2) is 0 Å². The zero-order valence-corrected chi connectivity index (χ0v) is 12.5. The molecule has 0 N–H and O–H groups in total. The lowest BCUT2D eigenvalue weighted by atomic mass is 10.1. The Balaban J connectivity index is 2.04. The maximum Gasteiger partial charge on any atom is 0.416 e. The van der Waals surface area contributed by atoms with Crippen molar-refractivity contribution in [1.82, 2.24) is 0 Å². The Morgan fingerprint density at radius 1 is 1.05 bits per heavy atom. The molecule has 0 saturated carbocycles. The number of furan rings is 1. The van der Waals surface area contributed by atoms with Crippen molar-refractivity contribution in [2.45, 2.75) is 6.18 Å². The van der Waals surface area contributed by atoms with Crippen molar-refractivity contribution in [2.75, 3.05) is 0 Å². The number of rotatable bonds is 2. The van der Waals surface area contributed by atoms with Crippen molar-refractivity contribution < 1.29 is 22.4 Å². The molecule has 2 aromatic carbocycles. The summed E-state index contributed by atoms with van der Waals surface area (Å²) in [5.41, 5.74) is -0.439. The smallest absolute Gasteiger partial charge is 0.416 e. The first-order valence-corrected chi connectivity index (χ1v) is 7.05. The van der Waals surface area contributed by atoms with E-state index < -0.39 is 17.5 Å². The molecule has 22 heavy (non-hydrogen) atoms. The van der Waals surface area contributed by atoms with E-state index in [0.29, 0.717) is 11.0 Å². The molecule has 0 unspecified atom stereocenters. The second-order valence-electron chi connectivity index (χ2n) is 4.67. The Kier molecular flexibility index (Phi) is 3.56. The van der Waals surface area contributed by atoms with Crippen LogP contribution in [0, 0.1) is 0 Å². The first-order chi connectivity index (χ1) is 10.4. The van der Waals surface area contributed by atoms with Crippen molar-refractivity contribution in [3.8, 4) is 0 Å². The number of hydrogen-bond donors (Lipinski definition) is 0. The van der Waals surface area contributed by atoms with Gasteiger partial charge in [0.05, 0.1) is 5.56 Å². The third-order valence-corrected chi connectivity index (χ3v) is 3.88. The van der Waals surface area contributed by atoms with E-state index in [0.717, 1.165) is 16.6 Å². The molecule has 0 fully saturated rings. The maximum absolute atomic E-state index is 12.7. The molecule has 0 spiro atoms. The zero-order chi connectivity index (χ0) is 15.9. The van der Waals surface area contributed by atoms with Gasteiger partial charge in [0, 0.05) is 15.4 Å². The molecule has 6 heteroatoms. The molecule has 0 atom stereocenters. The van der Waals surface area contributed by atoms with Crippen LogP contribution in [0.2, 0.25) is 0 Å². The van der Waals surface area contributed by atoms with Crippen LogP contribution in [0.5, 0.6) is 0 Å². The second-order valence-corrected chi connectivity index (χ2v) is 5.52. The minimum atomic E-state index is -4.49. The molecule has 0 aliphatic rings. The molecule has 1 aromatic heterocycles. The minimum Gasteiger partial charge on any atom is -0.453 e. The van der Waals surface area contributed by atoms with Crippen LogP contribution in [-0.4, -0.2) is 5.78 Å². The number of carbonyl (C=O) groups is 1. The van der Waals surface area contributed by atoms with Crippen molar-refractivity contribution in [1.29, 1.82) is 0 Å². The van der Waals surface area contributed by atoms with Crippen molar-refractivity contribution in [3.63, 3.8) is 0 Å². The van der Waals surface area contributed by atoms with Gasteiger partial charge in [0.1, 0.15) is 5.58 Å². The molecule has 2 nitrogen and oxygen atoms in total. The summed E-state index contributed by atoms with van der Waals surface area (Å²) in [7, 11) is 0. The van der Waals surface area contributed by atoms with E-state index in [1.54, 1.807) is 18.2 Å². The molecule has 3 rings (SSSR count). The van der Waals surface area contributed by atoms with Gasteiger partial charge in [-0.15, -0.1) is 0 Å². The predicted octanol–water partition coefficient (Wildman–Crippen LogP) is 5.45. The third-order valence-electron chi connectivity index (χ3n) is 3.18. The molecule has 0 bridgehead atoms. The highest BCUT2D eigenvalue weighted by Gasteiger charge is 2.31. The van der Waals surface area contributed by atoms with Gasteiger partial charge < -0.3 is 4.42 Å². The van der Waals surface area contributed by atoms with Crippen LogP contribution < -0.4 is 0 Å². The van der Waals surface area contributed by atoms with Crippen molar-refractivity contribution in [3.05, 3.63) is 69.9 Å². The lowest BCUT2D eigenvalue weighted by Crippen LogP contribution is -2.07. The molecule has 0 radical (unpaired) electrons. The lowest BCUT2D eigenvalue weighted by Gasteiger charge is -2.07. The highest BCUT2D eigenvalue weighted by molar-refractivity contribution is 9.10. The summed E-state index contributed by atoms with van der Waals surface area (Å²) in [6.45, 7) is 0. The van der Waals surface area contributed by atoms with E-state index in [1.165, 1.54) is 18.2 Å². The Hall–Kier alpha value is -2.08. The first-order valence-electron chi connectivity index (χ1n) is 6.26. The Morgan fingerprint density at radius 2 is 1.77 bits per heavy atom. The number of benzene rings is 2. The highest BCUT2D eigenvalue weighted by Crippen LogP contribution is 2.31.